The molecular formula is C17H14N6O2. The third kappa shape index (κ3) is 3.89. The van der Waals surface area contributed by atoms with Crippen LogP contribution in [0.15, 0.2) is 54.3 Å². The lowest BCUT2D eigenvalue weighted by Crippen LogP contribution is -2.24. The fourth-order valence-electron chi connectivity index (χ4n) is 2.01. The van der Waals surface area contributed by atoms with Crippen LogP contribution in [-0.2, 0) is 4.74 Å². The number of para-hydroxylation sites is 1. The minimum Gasteiger partial charge on any atom is -0.464 e. The molecule has 0 saturated carbocycles. The Balaban J connectivity index is 2.59. The van der Waals surface area contributed by atoms with E-state index in [1.165, 1.54) is 30.1 Å². The van der Waals surface area contributed by atoms with Gasteiger partial charge in [0.25, 0.3) is 0 Å². The molecule has 8 nitrogen and oxygen atoms in total. The average molecular weight is 334 g/mol. The van der Waals surface area contributed by atoms with Crippen molar-refractivity contribution in [2.75, 3.05) is 19.1 Å². The Morgan fingerprint density at radius 1 is 1.24 bits per heavy atom. The Hall–Kier alpha value is -3.91. The van der Waals surface area contributed by atoms with Crippen molar-refractivity contribution in [2.24, 2.45) is 0 Å². The van der Waals surface area contributed by atoms with Crippen LogP contribution in [0.2, 0.25) is 0 Å². The van der Waals surface area contributed by atoms with Crippen LogP contribution in [0.4, 0.5) is 5.69 Å². The second-order valence-electron chi connectivity index (χ2n) is 4.75. The number of ether oxygens (including phenoxy) is 1. The molecule has 2 aromatic rings. The van der Waals surface area contributed by atoms with E-state index >= 15 is 0 Å². The van der Waals surface area contributed by atoms with E-state index in [4.69, 9.17) is 15.3 Å². The Bertz CT molecular complexity index is 883. The third-order valence-electron chi connectivity index (χ3n) is 3.29. The maximum atomic E-state index is 11.9. The number of aromatic nitrogens is 3. The number of methoxy groups -OCH3 is 1. The van der Waals surface area contributed by atoms with Crippen molar-refractivity contribution in [3.8, 4) is 12.1 Å². The van der Waals surface area contributed by atoms with Gasteiger partial charge in [-0.25, -0.2) is 4.79 Å². The van der Waals surface area contributed by atoms with Gasteiger partial charge in [-0.15, -0.1) is 5.10 Å². The molecule has 0 aliphatic heterocycles. The van der Waals surface area contributed by atoms with Gasteiger partial charge < -0.3 is 9.64 Å². The number of hydrogen-bond acceptors (Lipinski definition) is 7. The lowest BCUT2D eigenvalue weighted by Gasteiger charge is -2.22. The van der Waals surface area contributed by atoms with Crippen LogP contribution in [0, 0.1) is 22.7 Å². The van der Waals surface area contributed by atoms with Crippen LogP contribution in [-0.4, -0.2) is 35.1 Å². The van der Waals surface area contributed by atoms with Crippen molar-refractivity contribution in [1.82, 2.24) is 15.0 Å². The third-order valence-corrected chi connectivity index (χ3v) is 3.29. The minimum atomic E-state index is -0.609. The van der Waals surface area contributed by atoms with Gasteiger partial charge in [0.15, 0.2) is 5.69 Å². The smallest absolute Gasteiger partial charge is 0.358 e. The number of rotatable bonds is 5. The first kappa shape index (κ1) is 17.4. The topological polar surface area (TPSA) is 108 Å². The zero-order valence-corrected chi connectivity index (χ0v) is 13.6. The first-order valence-electron chi connectivity index (χ1n) is 7.12. The maximum absolute atomic E-state index is 11.9. The zero-order chi connectivity index (χ0) is 18.2. The largest absolute Gasteiger partial charge is 0.464 e. The molecule has 0 spiro atoms. The zero-order valence-electron chi connectivity index (χ0n) is 13.6. The molecule has 8 heteroatoms. The van der Waals surface area contributed by atoms with Crippen molar-refractivity contribution in [1.29, 1.82) is 10.5 Å². The first-order valence-corrected chi connectivity index (χ1v) is 7.12. The molecule has 25 heavy (non-hydrogen) atoms. The van der Waals surface area contributed by atoms with Gasteiger partial charge in [-0.05, 0) is 24.3 Å². The van der Waals surface area contributed by atoms with Crippen LogP contribution >= 0.6 is 0 Å². The van der Waals surface area contributed by atoms with Crippen molar-refractivity contribution in [3.05, 3.63) is 59.9 Å². The van der Waals surface area contributed by atoms with E-state index in [0.29, 0.717) is 5.82 Å². The van der Waals surface area contributed by atoms with Gasteiger partial charge in [0.2, 0.25) is 0 Å². The highest BCUT2D eigenvalue weighted by Crippen LogP contribution is 2.21. The van der Waals surface area contributed by atoms with E-state index in [2.05, 4.69) is 10.3 Å². The van der Waals surface area contributed by atoms with Crippen LogP contribution in [0.5, 0.6) is 0 Å². The summed E-state index contributed by atoms with van der Waals surface area (Å²) in [5, 5.41) is 25.5. The molecular weight excluding hydrogens is 320 g/mol. The molecule has 0 atom stereocenters. The summed E-state index contributed by atoms with van der Waals surface area (Å²) >= 11 is 0. The number of benzene rings is 1. The molecule has 124 valence electrons. The fraction of sp³-hybridized carbons (Fsp3) is 0.118. The van der Waals surface area contributed by atoms with Crippen LogP contribution < -0.4 is 4.90 Å². The number of nitriles is 2. The molecule has 1 heterocycles. The molecule has 0 aliphatic rings. The van der Waals surface area contributed by atoms with Crippen molar-refractivity contribution in [2.45, 2.75) is 0 Å². The fourth-order valence-corrected chi connectivity index (χ4v) is 2.01. The Labute approximate surface area is 144 Å². The molecule has 0 bridgehead atoms. The molecule has 1 aromatic carbocycles. The quantitative estimate of drug-likeness (QED) is 0.467. The Morgan fingerprint density at radius 3 is 2.52 bits per heavy atom. The average Bonchev–Trinajstić information content (AvgIpc) is 3.14. The Kier molecular flexibility index (Phi) is 5.64. The standard InChI is InChI=1S/C17H14N6O2/c1-22(14-6-4-3-5-7-14)16(9-8-13(10-18)11-19)23-15(12-20-21-23)17(24)25-2/h3-9,12H,1-2H3/b16-9-. The van der Waals surface area contributed by atoms with E-state index < -0.39 is 5.97 Å². The van der Waals surface area contributed by atoms with Gasteiger partial charge in [0.1, 0.15) is 23.5 Å². The van der Waals surface area contributed by atoms with E-state index in [1.54, 1.807) is 24.1 Å². The summed E-state index contributed by atoms with van der Waals surface area (Å²) in [6.07, 6.45) is 4.13. The lowest BCUT2D eigenvalue weighted by molar-refractivity contribution is 0.0590. The van der Waals surface area contributed by atoms with E-state index in [0.717, 1.165) is 5.69 Å². The number of esters is 1. The van der Waals surface area contributed by atoms with Crippen molar-refractivity contribution >= 4 is 17.5 Å². The van der Waals surface area contributed by atoms with E-state index in [9.17, 15) is 4.79 Å². The van der Waals surface area contributed by atoms with E-state index in [-0.39, 0.29) is 11.3 Å². The van der Waals surface area contributed by atoms with Gasteiger partial charge in [-0.1, -0.05) is 23.4 Å². The van der Waals surface area contributed by atoms with Gasteiger partial charge in [-0.3, -0.25) is 0 Å². The van der Waals surface area contributed by atoms with E-state index in [1.807, 2.05) is 30.3 Å². The summed E-state index contributed by atoms with van der Waals surface area (Å²) in [7, 11) is 3.02. The molecule has 0 fully saturated rings. The molecule has 0 saturated heterocycles. The number of anilines is 1. The maximum Gasteiger partial charge on any atom is 0.358 e. The monoisotopic (exact) mass is 334 g/mol. The molecule has 0 N–H and O–H groups in total. The molecule has 2 rings (SSSR count). The summed E-state index contributed by atoms with van der Waals surface area (Å²) < 4.78 is 6.01. The van der Waals surface area contributed by atoms with Crippen LogP contribution in [0.1, 0.15) is 10.5 Å². The number of nitrogens with zero attached hydrogens (tertiary/aromatic N) is 6. The van der Waals surface area contributed by atoms with Crippen LogP contribution in [0.3, 0.4) is 0 Å². The second kappa shape index (κ2) is 8.09. The van der Waals surface area contributed by atoms with Crippen molar-refractivity contribution in [3.63, 3.8) is 0 Å². The van der Waals surface area contributed by atoms with Gasteiger partial charge in [-0.2, -0.15) is 15.2 Å². The summed E-state index contributed by atoms with van der Waals surface area (Å²) in [4.78, 5) is 13.7. The predicted octanol–water partition coefficient (Wildman–Crippen LogP) is 1.97. The minimum absolute atomic E-state index is 0.0845. The molecule has 0 amide bonds. The normalized spacial score (nSPS) is 10.3. The summed E-state index contributed by atoms with van der Waals surface area (Å²) in [6.45, 7) is 0. The van der Waals surface area contributed by atoms with Gasteiger partial charge >= 0.3 is 5.97 Å². The predicted molar refractivity (Wildman–Crippen MR) is 89.8 cm³/mol. The first-order chi connectivity index (χ1) is 12.1. The molecule has 0 aliphatic carbocycles. The SMILES string of the molecule is COC(=O)c1cnnn1/C(=C\C=C(C#N)C#N)N(C)c1ccccc1. The number of allylic oxidation sites excluding steroid dienone is 3. The second-order valence-corrected chi connectivity index (χ2v) is 4.75. The molecule has 1 aromatic heterocycles. The Morgan fingerprint density at radius 2 is 1.92 bits per heavy atom. The molecule has 0 radical (unpaired) electrons. The summed E-state index contributed by atoms with van der Waals surface area (Å²) in [5.41, 5.74) is 0.836. The van der Waals surface area contributed by atoms with Gasteiger partial charge in [0.05, 0.1) is 13.3 Å². The molecule has 0 unspecified atom stereocenters. The van der Waals surface area contributed by atoms with Crippen LogP contribution in [0.25, 0.3) is 5.82 Å². The summed E-state index contributed by atoms with van der Waals surface area (Å²) in [5.74, 6) is -0.200. The van der Waals surface area contributed by atoms with Crippen molar-refractivity contribution < 1.29 is 9.53 Å². The lowest BCUT2D eigenvalue weighted by atomic mass is 10.2. The highest BCUT2D eigenvalue weighted by molar-refractivity contribution is 5.89. The number of carbonyl (C=O) groups excluding carboxylic acids is 1. The van der Waals surface area contributed by atoms with Gasteiger partial charge in [0, 0.05) is 12.7 Å². The summed E-state index contributed by atoms with van der Waals surface area (Å²) in [6, 6.07) is 12.9. The highest BCUT2D eigenvalue weighted by Gasteiger charge is 2.19. The highest BCUT2D eigenvalue weighted by atomic mass is 16.5. The number of hydrogen-bond donors (Lipinski definition) is 0. The number of carbonyl (C=O) groups is 1.